The third-order valence-corrected chi connectivity index (χ3v) is 3.46. The second kappa shape index (κ2) is 8.57. The molecule has 2 rings (SSSR count). The Morgan fingerprint density at radius 2 is 1.95 bits per heavy atom. The molecule has 114 valence electrons. The standard InChI is InChI=1S/C17H26N4/c1-15(2)12-18-13-17-19-14-20-21(17)11-7-6-10-16-8-4-3-5-9-16/h3-5,8-9,14-15,18H,6-7,10-13H2,1-2H3. The summed E-state index contributed by atoms with van der Waals surface area (Å²) in [7, 11) is 0. The van der Waals surface area contributed by atoms with Gasteiger partial charge in [0.2, 0.25) is 0 Å². The first-order valence-corrected chi connectivity index (χ1v) is 7.87. The van der Waals surface area contributed by atoms with Crippen molar-refractivity contribution in [1.82, 2.24) is 20.1 Å². The number of hydrogen-bond acceptors (Lipinski definition) is 3. The molecule has 0 spiro atoms. The number of aryl methyl sites for hydroxylation is 2. The van der Waals surface area contributed by atoms with Gasteiger partial charge in [0.25, 0.3) is 0 Å². The minimum Gasteiger partial charge on any atom is -0.310 e. The van der Waals surface area contributed by atoms with Gasteiger partial charge in [0.1, 0.15) is 12.2 Å². The second-order valence-electron chi connectivity index (χ2n) is 5.87. The lowest BCUT2D eigenvalue weighted by atomic mass is 10.1. The fourth-order valence-electron chi connectivity index (χ4n) is 2.32. The van der Waals surface area contributed by atoms with Crippen LogP contribution in [0.15, 0.2) is 36.7 Å². The summed E-state index contributed by atoms with van der Waals surface area (Å²) in [5.74, 6) is 1.70. The van der Waals surface area contributed by atoms with Crippen molar-refractivity contribution in [3.63, 3.8) is 0 Å². The molecule has 4 nitrogen and oxygen atoms in total. The van der Waals surface area contributed by atoms with Crippen LogP contribution in [0.5, 0.6) is 0 Å². The lowest BCUT2D eigenvalue weighted by Crippen LogP contribution is -2.21. The van der Waals surface area contributed by atoms with E-state index in [0.29, 0.717) is 5.92 Å². The van der Waals surface area contributed by atoms with Gasteiger partial charge in [-0.25, -0.2) is 9.67 Å². The molecule has 21 heavy (non-hydrogen) atoms. The van der Waals surface area contributed by atoms with Crippen molar-refractivity contribution < 1.29 is 0 Å². The maximum absolute atomic E-state index is 4.34. The van der Waals surface area contributed by atoms with Crippen molar-refractivity contribution >= 4 is 0 Å². The van der Waals surface area contributed by atoms with Crippen LogP contribution in [0.2, 0.25) is 0 Å². The molecule has 0 saturated carbocycles. The van der Waals surface area contributed by atoms with Crippen LogP contribution in [-0.4, -0.2) is 21.3 Å². The minimum atomic E-state index is 0.659. The number of rotatable bonds is 9. The van der Waals surface area contributed by atoms with Crippen LogP contribution >= 0.6 is 0 Å². The zero-order chi connectivity index (χ0) is 14.9. The molecular formula is C17H26N4. The molecule has 1 N–H and O–H groups in total. The summed E-state index contributed by atoms with van der Waals surface area (Å²) in [5, 5.41) is 7.74. The summed E-state index contributed by atoms with van der Waals surface area (Å²) in [6.07, 6.45) is 5.11. The predicted octanol–water partition coefficient (Wildman–Crippen LogP) is 3.05. The fourth-order valence-corrected chi connectivity index (χ4v) is 2.32. The SMILES string of the molecule is CC(C)CNCc1ncnn1CCCCc1ccccc1. The molecule has 1 heterocycles. The topological polar surface area (TPSA) is 42.7 Å². The lowest BCUT2D eigenvalue weighted by Gasteiger charge is -2.09. The summed E-state index contributed by atoms with van der Waals surface area (Å²) in [6.45, 7) is 7.19. The summed E-state index contributed by atoms with van der Waals surface area (Å²) >= 11 is 0. The Balaban J connectivity index is 1.70. The average Bonchev–Trinajstić information content (AvgIpc) is 2.92. The van der Waals surface area contributed by atoms with Gasteiger partial charge in [-0.1, -0.05) is 44.2 Å². The molecule has 0 aliphatic heterocycles. The van der Waals surface area contributed by atoms with Crippen molar-refractivity contribution in [2.24, 2.45) is 5.92 Å². The molecule has 2 aromatic rings. The molecule has 0 saturated heterocycles. The fraction of sp³-hybridized carbons (Fsp3) is 0.529. The monoisotopic (exact) mass is 286 g/mol. The van der Waals surface area contributed by atoms with Crippen LogP contribution in [0.3, 0.4) is 0 Å². The number of nitrogens with one attached hydrogen (secondary N) is 1. The van der Waals surface area contributed by atoms with Gasteiger partial charge in [-0.05, 0) is 37.3 Å². The molecule has 0 bridgehead atoms. The van der Waals surface area contributed by atoms with Crippen molar-refractivity contribution in [3.8, 4) is 0 Å². The highest BCUT2D eigenvalue weighted by atomic mass is 15.3. The third-order valence-electron chi connectivity index (χ3n) is 3.46. The molecule has 0 aliphatic rings. The number of benzene rings is 1. The normalized spacial score (nSPS) is 11.2. The number of hydrogen-bond donors (Lipinski definition) is 1. The molecular weight excluding hydrogens is 260 g/mol. The van der Waals surface area contributed by atoms with Crippen molar-refractivity contribution in [3.05, 3.63) is 48.0 Å². The maximum atomic E-state index is 4.34. The second-order valence-corrected chi connectivity index (χ2v) is 5.87. The first-order valence-electron chi connectivity index (χ1n) is 7.87. The van der Waals surface area contributed by atoms with E-state index in [2.05, 4.69) is 59.6 Å². The zero-order valence-electron chi connectivity index (χ0n) is 13.1. The van der Waals surface area contributed by atoms with Gasteiger partial charge in [0, 0.05) is 6.54 Å². The Bertz CT molecular complexity index is 505. The van der Waals surface area contributed by atoms with E-state index < -0.39 is 0 Å². The van der Waals surface area contributed by atoms with Gasteiger partial charge in [-0.3, -0.25) is 0 Å². The van der Waals surface area contributed by atoms with E-state index >= 15 is 0 Å². The van der Waals surface area contributed by atoms with E-state index in [1.54, 1.807) is 6.33 Å². The van der Waals surface area contributed by atoms with Crippen LogP contribution in [0, 0.1) is 5.92 Å². The minimum absolute atomic E-state index is 0.659. The molecule has 0 fully saturated rings. The highest BCUT2D eigenvalue weighted by Crippen LogP contribution is 2.06. The average molecular weight is 286 g/mol. The summed E-state index contributed by atoms with van der Waals surface area (Å²) < 4.78 is 2.03. The first kappa shape index (κ1) is 15.7. The first-order chi connectivity index (χ1) is 10.3. The van der Waals surface area contributed by atoms with Crippen LogP contribution in [0.4, 0.5) is 0 Å². The molecule has 0 atom stereocenters. The van der Waals surface area contributed by atoms with Crippen molar-refractivity contribution in [2.45, 2.75) is 46.2 Å². The van der Waals surface area contributed by atoms with Crippen molar-refractivity contribution in [1.29, 1.82) is 0 Å². The van der Waals surface area contributed by atoms with Gasteiger partial charge >= 0.3 is 0 Å². The molecule has 0 unspecified atom stereocenters. The third kappa shape index (κ3) is 5.68. The van der Waals surface area contributed by atoms with Gasteiger partial charge in [-0.15, -0.1) is 0 Å². The van der Waals surface area contributed by atoms with E-state index in [1.165, 1.54) is 12.0 Å². The lowest BCUT2D eigenvalue weighted by molar-refractivity contribution is 0.496. The molecule has 4 heteroatoms. The molecule has 1 aromatic heterocycles. The molecule has 0 amide bonds. The van der Waals surface area contributed by atoms with E-state index in [0.717, 1.165) is 38.3 Å². The van der Waals surface area contributed by atoms with Crippen LogP contribution in [-0.2, 0) is 19.5 Å². The Morgan fingerprint density at radius 3 is 2.71 bits per heavy atom. The smallest absolute Gasteiger partial charge is 0.140 e. The van der Waals surface area contributed by atoms with Gasteiger partial charge in [0.15, 0.2) is 0 Å². The van der Waals surface area contributed by atoms with E-state index in [-0.39, 0.29) is 0 Å². The molecule has 0 aliphatic carbocycles. The number of nitrogens with zero attached hydrogens (tertiary/aromatic N) is 3. The number of aromatic nitrogens is 3. The van der Waals surface area contributed by atoms with Gasteiger partial charge < -0.3 is 5.32 Å². The Labute approximate surface area is 127 Å². The van der Waals surface area contributed by atoms with Gasteiger partial charge in [-0.2, -0.15) is 5.10 Å². The van der Waals surface area contributed by atoms with E-state index in [9.17, 15) is 0 Å². The van der Waals surface area contributed by atoms with Crippen LogP contribution < -0.4 is 5.32 Å². The highest BCUT2D eigenvalue weighted by Gasteiger charge is 2.04. The van der Waals surface area contributed by atoms with E-state index in [1.807, 2.05) is 4.68 Å². The van der Waals surface area contributed by atoms with Gasteiger partial charge in [0.05, 0.1) is 6.54 Å². The largest absolute Gasteiger partial charge is 0.310 e. The van der Waals surface area contributed by atoms with Crippen LogP contribution in [0.1, 0.15) is 38.1 Å². The quantitative estimate of drug-likeness (QED) is 0.720. The molecule has 1 aromatic carbocycles. The van der Waals surface area contributed by atoms with Crippen LogP contribution in [0.25, 0.3) is 0 Å². The maximum Gasteiger partial charge on any atom is 0.140 e. The summed E-state index contributed by atoms with van der Waals surface area (Å²) in [4.78, 5) is 4.34. The summed E-state index contributed by atoms with van der Waals surface area (Å²) in [6, 6.07) is 10.7. The zero-order valence-corrected chi connectivity index (χ0v) is 13.1. The summed E-state index contributed by atoms with van der Waals surface area (Å²) in [5.41, 5.74) is 1.41. The van der Waals surface area contributed by atoms with Crippen molar-refractivity contribution in [2.75, 3.05) is 6.54 Å². The molecule has 0 radical (unpaired) electrons. The number of unbranched alkanes of at least 4 members (excludes halogenated alkanes) is 1. The Morgan fingerprint density at radius 1 is 1.14 bits per heavy atom. The Kier molecular flexibility index (Phi) is 6.41. The Hall–Kier alpha value is -1.68. The highest BCUT2D eigenvalue weighted by molar-refractivity contribution is 5.14. The predicted molar refractivity (Wildman–Crippen MR) is 85.9 cm³/mol. The van der Waals surface area contributed by atoms with E-state index in [4.69, 9.17) is 0 Å².